The van der Waals surface area contributed by atoms with E-state index < -0.39 is 35.3 Å². The van der Waals surface area contributed by atoms with Crippen LogP contribution in [0.2, 0.25) is 0 Å². The molecule has 0 unspecified atom stereocenters. The molecule has 0 atom stereocenters. The smallest absolute Gasteiger partial charge is 0.348 e. The number of benzene rings is 3. The predicted octanol–water partition coefficient (Wildman–Crippen LogP) is 5.67. The Morgan fingerprint density at radius 1 is 0.878 bits per heavy atom. The lowest BCUT2D eigenvalue weighted by atomic mass is 10.1. The van der Waals surface area contributed by atoms with E-state index in [4.69, 9.17) is 4.98 Å². The fourth-order valence-electron chi connectivity index (χ4n) is 5.43. The Labute approximate surface area is 275 Å². The van der Waals surface area contributed by atoms with E-state index in [1.54, 1.807) is 25.1 Å². The van der Waals surface area contributed by atoms with E-state index in [-0.39, 0.29) is 42.0 Å². The zero-order valence-corrected chi connectivity index (χ0v) is 25.9. The van der Waals surface area contributed by atoms with Crippen molar-refractivity contribution in [3.05, 3.63) is 123 Å². The molecule has 0 radical (unpaired) electrons. The van der Waals surface area contributed by atoms with Crippen LogP contribution in [-0.2, 0) is 12.7 Å². The SMILES string of the molecule is Cc1nc(N2CCN(C(=O)Nc3cccc(C(F)(F)F)c3)CC2)nc2c1ccc(=O)n2-c1ccc(C(=O)NCc2ccc(F)cc2F)cc1. The van der Waals surface area contributed by atoms with Crippen LogP contribution < -0.4 is 21.1 Å². The van der Waals surface area contributed by atoms with Gasteiger partial charge in [0.15, 0.2) is 5.65 Å². The largest absolute Gasteiger partial charge is 0.416 e. The minimum atomic E-state index is -4.54. The molecule has 252 valence electrons. The lowest BCUT2D eigenvalue weighted by molar-refractivity contribution is -0.137. The summed E-state index contributed by atoms with van der Waals surface area (Å²) in [6, 6.07) is 16.1. The third-order valence-corrected chi connectivity index (χ3v) is 8.06. The minimum Gasteiger partial charge on any atom is -0.348 e. The van der Waals surface area contributed by atoms with Crippen molar-refractivity contribution in [2.45, 2.75) is 19.6 Å². The molecule has 1 saturated heterocycles. The van der Waals surface area contributed by atoms with Gasteiger partial charge in [-0.25, -0.2) is 18.6 Å². The molecule has 10 nitrogen and oxygen atoms in total. The summed E-state index contributed by atoms with van der Waals surface area (Å²) in [6.45, 7) is 2.75. The number of hydrogen-bond donors (Lipinski definition) is 2. The lowest BCUT2D eigenvalue weighted by Gasteiger charge is -2.35. The molecule has 3 aromatic carbocycles. The number of aryl methyl sites for hydroxylation is 1. The zero-order chi connectivity index (χ0) is 34.9. The molecule has 15 heteroatoms. The van der Waals surface area contributed by atoms with Crippen LogP contribution in [0.25, 0.3) is 16.7 Å². The monoisotopic (exact) mass is 677 g/mol. The fourth-order valence-corrected chi connectivity index (χ4v) is 5.43. The molecule has 5 aromatic rings. The second-order valence-electron chi connectivity index (χ2n) is 11.3. The molecule has 2 aromatic heterocycles. The number of nitrogens with zero attached hydrogens (tertiary/aromatic N) is 5. The second kappa shape index (κ2) is 13.3. The summed E-state index contributed by atoms with van der Waals surface area (Å²) >= 11 is 0. The average molecular weight is 678 g/mol. The maximum Gasteiger partial charge on any atom is 0.416 e. The topological polar surface area (TPSA) is 112 Å². The summed E-state index contributed by atoms with van der Waals surface area (Å²) < 4.78 is 67.8. The number of aromatic nitrogens is 3. The summed E-state index contributed by atoms with van der Waals surface area (Å²) in [5.41, 5.74) is 0.512. The van der Waals surface area contributed by atoms with Crippen LogP contribution in [0.15, 0.2) is 83.7 Å². The van der Waals surface area contributed by atoms with Gasteiger partial charge in [-0.05, 0) is 61.5 Å². The van der Waals surface area contributed by atoms with Crippen molar-refractivity contribution < 1.29 is 31.5 Å². The van der Waals surface area contributed by atoms with Crippen molar-refractivity contribution in [1.29, 1.82) is 0 Å². The number of carbonyl (C=O) groups excluding carboxylic acids is 2. The van der Waals surface area contributed by atoms with Crippen molar-refractivity contribution in [2.75, 3.05) is 36.4 Å². The van der Waals surface area contributed by atoms with Crippen molar-refractivity contribution in [2.24, 2.45) is 0 Å². The quantitative estimate of drug-likeness (QED) is 0.224. The summed E-state index contributed by atoms with van der Waals surface area (Å²) in [7, 11) is 0. The number of nitrogens with one attached hydrogen (secondary N) is 2. The first-order valence-electron chi connectivity index (χ1n) is 15.1. The summed E-state index contributed by atoms with van der Waals surface area (Å²) in [6.07, 6.45) is -4.54. The Kier molecular flexibility index (Phi) is 8.99. The standard InChI is InChI=1S/C34H28F5N7O3/c1-20-27-11-12-29(47)46(26-9-6-21(7-10-26)31(48)40-19-22-5-8-24(35)18-28(22)36)30(27)43-32(41-20)44-13-15-45(16-14-44)33(49)42-25-4-2-3-23(17-25)34(37,38)39/h2-12,17-18H,13-16,19H2,1H3,(H,40,48)(H,42,49). The highest BCUT2D eigenvalue weighted by molar-refractivity contribution is 5.94. The number of piperazine rings is 1. The van der Waals surface area contributed by atoms with Crippen LogP contribution in [0.3, 0.4) is 0 Å². The van der Waals surface area contributed by atoms with Crippen LogP contribution in [0.5, 0.6) is 0 Å². The first-order valence-corrected chi connectivity index (χ1v) is 15.1. The summed E-state index contributed by atoms with van der Waals surface area (Å²) in [4.78, 5) is 51.4. The Balaban J connectivity index is 1.17. The van der Waals surface area contributed by atoms with Gasteiger partial charge in [0, 0.05) is 67.1 Å². The lowest BCUT2D eigenvalue weighted by Crippen LogP contribution is -2.50. The Morgan fingerprint density at radius 3 is 2.31 bits per heavy atom. The van der Waals surface area contributed by atoms with E-state index in [1.165, 1.54) is 45.9 Å². The van der Waals surface area contributed by atoms with Crippen LogP contribution in [0.1, 0.15) is 27.2 Å². The molecule has 0 spiro atoms. The second-order valence-corrected chi connectivity index (χ2v) is 11.3. The summed E-state index contributed by atoms with van der Waals surface area (Å²) in [5.74, 6) is -1.67. The van der Waals surface area contributed by atoms with Gasteiger partial charge in [-0.3, -0.25) is 14.2 Å². The van der Waals surface area contributed by atoms with Gasteiger partial charge in [-0.2, -0.15) is 18.2 Å². The highest BCUT2D eigenvalue weighted by atomic mass is 19.4. The predicted molar refractivity (Wildman–Crippen MR) is 172 cm³/mol. The van der Waals surface area contributed by atoms with Gasteiger partial charge >= 0.3 is 12.2 Å². The number of pyridine rings is 1. The van der Waals surface area contributed by atoms with Crippen LogP contribution in [0, 0.1) is 18.6 Å². The van der Waals surface area contributed by atoms with Crippen molar-refractivity contribution in [3.63, 3.8) is 0 Å². The van der Waals surface area contributed by atoms with Gasteiger partial charge in [-0.15, -0.1) is 0 Å². The molecular formula is C34H28F5N7O3. The summed E-state index contributed by atoms with van der Waals surface area (Å²) in [5, 5.41) is 5.73. The number of halogens is 5. The molecule has 0 saturated carbocycles. The van der Waals surface area contributed by atoms with Gasteiger partial charge in [0.1, 0.15) is 11.6 Å². The maximum absolute atomic E-state index is 14.0. The van der Waals surface area contributed by atoms with E-state index in [9.17, 15) is 36.3 Å². The Bertz CT molecular complexity index is 2110. The molecule has 6 rings (SSSR count). The first kappa shape index (κ1) is 33.1. The number of anilines is 2. The van der Waals surface area contributed by atoms with E-state index in [0.717, 1.165) is 24.3 Å². The number of hydrogen-bond acceptors (Lipinski definition) is 6. The van der Waals surface area contributed by atoms with Gasteiger partial charge in [0.05, 0.1) is 16.9 Å². The third kappa shape index (κ3) is 7.20. The molecule has 3 heterocycles. The number of alkyl halides is 3. The number of carbonyl (C=O) groups is 2. The van der Waals surface area contributed by atoms with Crippen LogP contribution >= 0.6 is 0 Å². The molecule has 49 heavy (non-hydrogen) atoms. The third-order valence-electron chi connectivity index (χ3n) is 8.06. The molecule has 0 aliphatic carbocycles. The Morgan fingerprint density at radius 2 is 1.61 bits per heavy atom. The number of amides is 3. The molecule has 0 bridgehead atoms. The van der Waals surface area contributed by atoms with Crippen molar-refractivity contribution >= 4 is 34.6 Å². The minimum absolute atomic E-state index is 0.0303. The normalized spacial score (nSPS) is 13.4. The molecule has 1 fully saturated rings. The maximum atomic E-state index is 14.0. The molecule has 1 aliphatic rings. The molecule has 2 N–H and O–H groups in total. The number of fused-ring (bicyclic) bond motifs is 1. The first-order chi connectivity index (χ1) is 23.4. The number of urea groups is 1. The van der Waals surface area contributed by atoms with Gasteiger partial charge in [-0.1, -0.05) is 12.1 Å². The average Bonchev–Trinajstić information content (AvgIpc) is 3.07. The van der Waals surface area contributed by atoms with E-state index in [2.05, 4.69) is 15.6 Å². The van der Waals surface area contributed by atoms with Gasteiger partial charge < -0.3 is 20.4 Å². The number of rotatable bonds is 6. The van der Waals surface area contributed by atoms with Crippen LogP contribution in [-0.4, -0.2) is 57.6 Å². The highest BCUT2D eigenvalue weighted by Gasteiger charge is 2.31. The fraction of sp³-hybridized carbons (Fsp3) is 0.206. The van der Waals surface area contributed by atoms with E-state index in [0.29, 0.717) is 41.5 Å². The van der Waals surface area contributed by atoms with Gasteiger partial charge in [0.2, 0.25) is 5.95 Å². The van der Waals surface area contributed by atoms with E-state index in [1.807, 2.05) is 4.90 Å². The Hall–Kier alpha value is -5.86. The van der Waals surface area contributed by atoms with E-state index >= 15 is 0 Å². The highest BCUT2D eigenvalue weighted by Crippen LogP contribution is 2.31. The molecular weight excluding hydrogens is 649 g/mol. The van der Waals surface area contributed by atoms with Crippen molar-refractivity contribution in [3.8, 4) is 5.69 Å². The molecule has 3 amide bonds. The zero-order valence-electron chi connectivity index (χ0n) is 25.9. The van der Waals surface area contributed by atoms with Crippen molar-refractivity contribution in [1.82, 2.24) is 24.8 Å². The molecule has 1 aliphatic heterocycles. The van der Waals surface area contributed by atoms with Gasteiger partial charge in [0.25, 0.3) is 11.5 Å². The van der Waals surface area contributed by atoms with Crippen LogP contribution in [0.4, 0.5) is 38.4 Å².